The van der Waals surface area contributed by atoms with E-state index in [0.717, 1.165) is 30.6 Å². The van der Waals surface area contributed by atoms with Gasteiger partial charge in [-0.2, -0.15) is 0 Å². The lowest BCUT2D eigenvalue weighted by molar-refractivity contribution is -0.138. The van der Waals surface area contributed by atoms with Gasteiger partial charge in [0.1, 0.15) is 10.9 Å². The maximum absolute atomic E-state index is 13.4. The number of imidazole rings is 1. The van der Waals surface area contributed by atoms with Crippen LogP contribution >= 0.6 is 35.0 Å². The van der Waals surface area contributed by atoms with Crippen LogP contribution in [0.2, 0.25) is 10.3 Å². The van der Waals surface area contributed by atoms with Crippen LogP contribution in [0.4, 0.5) is 5.69 Å². The van der Waals surface area contributed by atoms with Gasteiger partial charge >= 0.3 is 5.97 Å². The number of benzene rings is 2. The van der Waals surface area contributed by atoms with Gasteiger partial charge in [-0.05, 0) is 60.5 Å². The maximum Gasteiger partial charge on any atom is 0.310 e. The molecule has 0 bridgehead atoms. The molecule has 1 amide bonds. The SMILES string of the molecule is CCCCCCCOc1cc(Sc2nnc(Cn3cnc(Cl)c3Cl)n2C)ccc1C(=O)Nc1ccc(C(CC)C(=O)O)cc1. The Labute approximate surface area is 271 Å². The molecule has 10 nitrogen and oxygen atoms in total. The first-order chi connectivity index (χ1) is 21.2. The minimum Gasteiger partial charge on any atom is -0.493 e. The average Bonchev–Trinajstić information content (AvgIpc) is 3.51. The Morgan fingerprint density at radius 1 is 1.05 bits per heavy atom. The van der Waals surface area contributed by atoms with Gasteiger partial charge in [0.15, 0.2) is 16.1 Å². The Morgan fingerprint density at radius 3 is 2.45 bits per heavy atom. The summed E-state index contributed by atoms with van der Waals surface area (Å²) < 4.78 is 9.70. The lowest BCUT2D eigenvalue weighted by atomic mass is 9.96. The monoisotopic (exact) mass is 658 g/mol. The van der Waals surface area contributed by atoms with E-state index < -0.39 is 11.9 Å². The fraction of sp³-hybridized carbons (Fsp3) is 0.387. The van der Waals surface area contributed by atoms with E-state index in [0.29, 0.717) is 58.3 Å². The zero-order chi connectivity index (χ0) is 31.6. The van der Waals surface area contributed by atoms with Crippen molar-refractivity contribution < 1.29 is 19.4 Å². The van der Waals surface area contributed by atoms with E-state index >= 15 is 0 Å². The molecule has 234 valence electrons. The number of hydrogen-bond acceptors (Lipinski definition) is 7. The van der Waals surface area contributed by atoms with Crippen molar-refractivity contribution in [1.82, 2.24) is 24.3 Å². The Balaban J connectivity index is 1.50. The summed E-state index contributed by atoms with van der Waals surface area (Å²) in [4.78, 5) is 29.7. The molecule has 0 saturated carbocycles. The number of amides is 1. The number of nitrogens with one attached hydrogen (secondary N) is 1. The normalized spacial score (nSPS) is 11.8. The molecule has 0 aliphatic rings. The highest BCUT2D eigenvalue weighted by atomic mass is 35.5. The molecule has 0 aliphatic carbocycles. The third-order valence-corrected chi connectivity index (χ3v) is 8.96. The van der Waals surface area contributed by atoms with Crippen LogP contribution in [0.15, 0.2) is 58.8 Å². The first-order valence-corrected chi connectivity index (χ1v) is 16.1. The molecule has 1 unspecified atom stereocenters. The van der Waals surface area contributed by atoms with Gasteiger partial charge in [0.25, 0.3) is 5.91 Å². The third-order valence-electron chi connectivity index (χ3n) is 7.16. The molecule has 0 radical (unpaired) electrons. The van der Waals surface area contributed by atoms with Crippen LogP contribution in [0.5, 0.6) is 5.75 Å². The molecule has 2 heterocycles. The van der Waals surface area contributed by atoms with E-state index in [1.807, 2.05) is 30.7 Å². The molecule has 2 aromatic carbocycles. The third kappa shape index (κ3) is 8.55. The van der Waals surface area contributed by atoms with Crippen LogP contribution in [0.25, 0.3) is 0 Å². The second-order valence-corrected chi connectivity index (χ2v) is 12.1. The van der Waals surface area contributed by atoms with Gasteiger partial charge in [-0.25, -0.2) is 4.98 Å². The van der Waals surface area contributed by atoms with Crippen molar-refractivity contribution in [3.05, 3.63) is 76.0 Å². The number of carbonyl (C=O) groups is 2. The van der Waals surface area contributed by atoms with Crippen LogP contribution < -0.4 is 10.1 Å². The van der Waals surface area contributed by atoms with Gasteiger partial charge < -0.3 is 24.3 Å². The summed E-state index contributed by atoms with van der Waals surface area (Å²) in [5.41, 5.74) is 1.65. The Kier molecular flexibility index (Phi) is 12.1. The van der Waals surface area contributed by atoms with Crippen molar-refractivity contribution in [3.63, 3.8) is 0 Å². The molecule has 13 heteroatoms. The zero-order valence-electron chi connectivity index (χ0n) is 24.9. The maximum atomic E-state index is 13.4. The van der Waals surface area contributed by atoms with Gasteiger partial charge in [-0.1, -0.05) is 74.9 Å². The molecule has 2 N–H and O–H groups in total. The van der Waals surface area contributed by atoms with Crippen LogP contribution in [0.3, 0.4) is 0 Å². The summed E-state index contributed by atoms with van der Waals surface area (Å²) in [5.74, 6) is -0.642. The number of hydrogen-bond donors (Lipinski definition) is 2. The Morgan fingerprint density at radius 2 is 1.80 bits per heavy atom. The van der Waals surface area contributed by atoms with Crippen molar-refractivity contribution in [2.45, 2.75) is 74.9 Å². The number of aliphatic carboxylic acids is 1. The molecule has 4 rings (SSSR count). The highest BCUT2D eigenvalue weighted by Gasteiger charge is 2.19. The number of aromatic nitrogens is 5. The summed E-state index contributed by atoms with van der Waals surface area (Å²) in [6.45, 7) is 4.85. The number of carboxylic acids is 1. The number of carbonyl (C=O) groups excluding carboxylic acids is 1. The van der Waals surface area contributed by atoms with Gasteiger partial charge in [-0.15, -0.1) is 10.2 Å². The van der Waals surface area contributed by atoms with Gasteiger partial charge in [0, 0.05) is 17.6 Å². The lowest BCUT2D eigenvalue weighted by Gasteiger charge is -2.14. The minimum atomic E-state index is -0.871. The topological polar surface area (TPSA) is 124 Å². The number of ether oxygens (including phenoxy) is 1. The van der Waals surface area contributed by atoms with Crippen LogP contribution in [0, 0.1) is 0 Å². The van der Waals surface area contributed by atoms with E-state index in [4.69, 9.17) is 27.9 Å². The highest BCUT2D eigenvalue weighted by molar-refractivity contribution is 7.99. The second kappa shape index (κ2) is 16.0. The summed E-state index contributed by atoms with van der Waals surface area (Å²) in [5, 5.41) is 22.2. The van der Waals surface area contributed by atoms with Crippen LogP contribution in [-0.4, -0.2) is 47.9 Å². The van der Waals surface area contributed by atoms with Crippen molar-refractivity contribution in [3.8, 4) is 5.75 Å². The van der Waals surface area contributed by atoms with E-state index in [1.165, 1.54) is 18.2 Å². The molecule has 44 heavy (non-hydrogen) atoms. The first-order valence-electron chi connectivity index (χ1n) is 14.5. The lowest BCUT2D eigenvalue weighted by Crippen LogP contribution is -2.15. The molecular weight excluding hydrogens is 623 g/mol. The number of rotatable bonds is 16. The van der Waals surface area contributed by atoms with Crippen LogP contribution in [-0.2, 0) is 18.4 Å². The fourth-order valence-corrected chi connectivity index (χ4v) is 5.73. The Bertz CT molecular complexity index is 1570. The summed E-state index contributed by atoms with van der Waals surface area (Å²) >= 11 is 13.6. The van der Waals surface area contributed by atoms with Gasteiger partial charge in [0.2, 0.25) is 0 Å². The van der Waals surface area contributed by atoms with Crippen LogP contribution in [0.1, 0.15) is 80.0 Å². The molecular formula is C31H36Cl2N6O4S. The van der Waals surface area contributed by atoms with Gasteiger partial charge in [-0.3, -0.25) is 9.59 Å². The summed E-state index contributed by atoms with van der Waals surface area (Å²) in [6.07, 6.45) is 7.46. The average molecular weight is 660 g/mol. The first kappa shape index (κ1) is 33.4. The number of nitrogens with zero attached hydrogens (tertiary/aromatic N) is 5. The fourth-order valence-electron chi connectivity index (χ4n) is 4.59. The van der Waals surface area contributed by atoms with Crippen molar-refractivity contribution in [2.75, 3.05) is 11.9 Å². The van der Waals surface area contributed by atoms with Crippen molar-refractivity contribution in [1.29, 1.82) is 0 Å². The molecule has 0 aliphatic heterocycles. The molecule has 4 aromatic rings. The quantitative estimate of drug-likeness (QED) is 0.117. The van der Waals surface area contributed by atoms with E-state index in [9.17, 15) is 14.7 Å². The summed E-state index contributed by atoms with van der Waals surface area (Å²) in [7, 11) is 1.87. The largest absolute Gasteiger partial charge is 0.493 e. The van der Waals surface area contributed by atoms with Crippen molar-refractivity contribution >= 4 is 52.5 Å². The second-order valence-electron chi connectivity index (χ2n) is 10.3. The number of unbranched alkanes of at least 4 members (excludes halogenated alkanes) is 4. The molecule has 0 saturated heterocycles. The predicted octanol–water partition coefficient (Wildman–Crippen LogP) is 7.70. The van der Waals surface area contributed by atoms with E-state index in [2.05, 4.69) is 27.4 Å². The van der Waals surface area contributed by atoms with E-state index in [1.54, 1.807) is 41.2 Å². The molecule has 2 aromatic heterocycles. The minimum absolute atomic E-state index is 0.228. The highest BCUT2D eigenvalue weighted by Crippen LogP contribution is 2.32. The number of anilines is 1. The standard InChI is InChI=1S/C31H36Cl2N6O4S/c1-4-6-7-8-9-16-43-25-17-22(44-31-37-36-26(38(31)3)18-39-19-34-27(32)28(39)33)14-15-24(25)29(40)35-21-12-10-20(11-13-21)23(5-2)30(41)42/h10-15,17,19,23H,4-9,16,18H2,1-3H3,(H,35,40)(H,41,42). The molecule has 1 atom stereocenters. The smallest absolute Gasteiger partial charge is 0.310 e. The predicted molar refractivity (Wildman–Crippen MR) is 172 cm³/mol. The number of carboxylic acid groups (broad SMARTS) is 1. The Hall–Kier alpha value is -3.54. The summed E-state index contributed by atoms with van der Waals surface area (Å²) in [6, 6.07) is 12.3. The molecule has 0 spiro atoms. The number of halogens is 2. The van der Waals surface area contributed by atoms with E-state index in [-0.39, 0.29) is 11.1 Å². The zero-order valence-corrected chi connectivity index (χ0v) is 27.3. The van der Waals surface area contributed by atoms with Gasteiger partial charge in [0.05, 0.1) is 31.0 Å². The van der Waals surface area contributed by atoms with Crippen molar-refractivity contribution in [2.24, 2.45) is 7.05 Å². The molecule has 0 fully saturated rings.